The maximum absolute atomic E-state index is 13.5. The van der Waals surface area contributed by atoms with Crippen molar-refractivity contribution in [2.75, 3.05) is 18.5 Å². The van der Waals surface area contributed by atoms with Crippen molar-refractivity contribution < 1.29 is 19.0 Å². The van der Waals surface area contributed by atoms with Gasteiger partial charge >= 0.3 is 5.97 Å². The van der Waals surface area contributed by atoms with Crippen LogP contribution >= 0.6 is 0 Å². The molecule has 0 fully saturated rings. The quantitative estimate of drug-likeness (QED) is 0.802. The monoisotopic (exact) mass is 241 g/mol. The summed E-state index contributed by atoms with van der Waals surface area (Å²) in [6.45, 7) is 4.61. The Morgan fingerprint density at radius 2 is 2.29 bits per heavy atom. The average molecular weight is 241 g/mol. The van der Waals surface area contributed by atoms with Crippen LogP contribution in [0, 0.1) is 5.82 Å². The highest BCUT2D eigenvalue weighted by molar-refractivity contribution is 5.94. The fourth-order valence-corrected chi connectivity index (χ4v) is 1.47. The van der Waals surface area contributed by atoms with Crippen LogP contribution in [-0.2, 0) is 4.74 Å². The van der Waals surface area contributed by atoms with Gasteiger partial charge in [0, 0.05) is 13.2 Å². The molecule has 0 aliphatic heterocycles. The Morgan fingerprint density at radius 1 is 1.59 bits per heavy atom. The summed E-state index contributed by atoms with van der Waals surface area (Å²) >= 11 is 0. The number of carboxylic acid groups (broad SMARTS) is 1. The largest absolute Gasteiger partial charge is 0.478 e. The molecule has 0 spiro atoms. The van der Waals surface area contributed by atoms with Crippen LogP contribution in [0.2, 0.25) is 0 Å². The molecule has 0 saturated carbocycles. The molecule has 0 aliphatic rings. The molecule has 17 heavy (non-hydrogen) atoms. The smallest absolute Gasteiger partial charge is 0.337 e. The molecule has 5 heteroatoms. The lowest BCUT2D eigenvalue weighted by Gasteiger charge is -2.15. The molecule has 1 aromatic rings. The maximum atomic E-state index is 13.5. The lowest BCUT2D eigenvalue weighted by atomic mass is 10.1. The second-order valence-electron chi connectivity index (χ2n) is 3.61. The van der Waals surface area contributed by atoms with Crippen LogP contribution < -0.4 is 5.32 Å². The molecule has 1 rings (SSSR count). The number of para-hydroxylation sites is 1. The number of aromatic carboxylic acids is 1. The van der Waals surface area contributed by atoms with E-state index >= 15 is 0 Å². The molecule has 0 amide bonds. The van der Waals surface area contributed by atoms with Crippen LogP contribution in [0.3, 0.4) is 0 Å². The SMILES string of the molecule is CCOC(C)CNc1c(F)cccc1C(=O)O. The van der Waals surface area contributed by atoms with E-state index in [4.69, 9.17) is 9.84 Å². The number of halogens is 1. The van der Waals surface area contributed by atoms with Gasteiger partial charge in [-0.25, -0.2) is 9.18 Å². The molecule has 0 heterocycles. The highest BCUT2D eigenvalue weighted by Gasteiger charge is 2.14. The van der Waals surface area contributed by atoms with Crippen molar-refractivity contribution in [1.29, 1.82) is 0 Å². The van der Waals surface area contributed by atoms with Gasteiger partial charge in [-0.1, -0.05) is 6.07 Å². The minimum absolute atomic E-state index is 0.00607. The normalized spacial score (nSPS) is 12.2. The van der Waals surface area contributed by atoms with Crippen molar-refractivity contribution in [1.82, 2.24) is 0 Å². The number of benzene rings is 1. The Bertz CT molecular complexity index is 395. The van der Waals surface area contributed by atoms with Crippen LogP contribution in [0.15, 0.2) is 18.2 Å². The van der Waals surface area contributed by atoms with Crippen molar-refractivity contribution >= 4 is 11.7 Å². The number of hydrogen-bond acceptors (Lipinski definition) is 3. The third-order valence-electron chi connectivity index (χ3n) is 2.26. The molecule has 4 nitrogen and oxygen atoms in total. The van der Waals surface area contributed by atoms with E-state index in [0.29, 0.717) is 13.2 Å². The highest BCUT2D eigenvalue weighted by Crippen LogP contribution is 2.19. The lowest BCUT2D eigenvalue weighted by molar-refractivity contribution is 0.0696. The Hall–Kier alpha value is -1.62. The van der Waals surface area contributed by atoms with Gasteiger partial charge in [0.05, 0.1) is 17.4 Å². The van der Waals surface area contributed by atoms with Crippen molar-refractivity contribution in [3.05, 3.63) is 29.6 Å². The van der Waals surface area contributed by atoms with Crippen molar-refractivity contribution in [2.24, 2.45) is 0 Å². The molecule has 0 radical (unpaired) electrons. The van der Waals surface area contributed by atoms with Crippen LogP contribution in [0.5, 0.6) is 0 Å². The Kier molecular flexibility index (Phi) is 4.90. The van der Waals surface area contributed by atoms with Crippen LogP contribution in [0.1, 0.15) is 24.2 Å². The first-order chi connectivity index (χ1) is 8.06. The maximum Gasteiger partial charge on any atom is 0.337 e. The number of nitrogens with one attached hydrogen (secondary N) is 1. The third kappa shape index (κ3) is 3.71. The van der Waals surface area contributed by atoms with Gasteiger partial charge in [-0.2, -0.15) is 0 Å². The topological polar surface area (TPSA) is 58.6 Å². The molecule has 94 valence electrons. The Morgan fingerprint density at radius 3 is 2.88 bits per heavy atom. The molecular formula is C12H16FNO3. The zero-order valence-corrected chi connectivity index (χ0v) is 9.87. The Labute approximate surface area is 99.4 Å². The molecule has 1 aromatic carbocycles. The summed E-state index contributed by atoms with van der Waals surface area (Å²) < 4.78 is 18.8. The number of ether oxygens (including phenoxy) is 1. The van der Waals surface area contributed by atoms with Gasteiger partial charge in [0.2, 0.25) is 0 Å². The number of hydrogen-bond donors (Lipinski definition) is 2. The van der Waals surface area contributed by atoms with Crippen LogP contribution in [0.4, 0.5) is 10.1 Å². The van der Waals surface area contributed by atoms with Crippen molar-refractivity contribution in [3.8, 4) is 0 Å². The Balaban J connectivity index is 2.79. The third-order valence-corrected chi connectivity index (χ3v) is 2.26. The van der Waals surface area contributed by atoms with Crippen molar-refractivity contribution in [3.63, 3.8) is 0 Å². The highest BCUT2D eigenvalue weighted by atomic mass is 19.1. The van der Waals surface area contributed by atoms with E-state index in [0.717, 1.165) is 0 Å². The predicted octanol–water partition coefficient (Wildman–Crippen LogP) is 2.36. The van der Waals surface area contributed by atoms with Gasteiger partial charge in [0.1, 0.15) is 5.82 Å². The van der Waals surface area contributed by atoms with Gasteiger partial charge in [-0.3, -0.25) is 0 Å². The molecule has 1 unspecified atom stereocenters. The zero-order valence-electron chi connectivity index (χ0n) is 9.87. The van der Waals surface area contributed by atoms with Gasteiger partial charge < -0.3 is 15.2 Å². The summed E-state index contributed by atoms with van der Waals surface area (Å²) in [6.07, 6.45) is -0.110. The van der Waals surface area contributed by atoms with Crippen LogP contribution in [-0.4, -0.2) is 30.3 Å². The molecular weight excluding hydrogens is 225 g/mol. The molecule has 1 atom stereocenters. The van der Waals surface area contributed by atoms with Crippen molar-refractivity contribution in [2.45, 2.75) is 20.0 Å². The van der Waals surface area contributed by atoms with Gasteiger partial charge in [0.25, 0.3) is 0 Å². The fraction of sp³-hybridized carbons (Fsp3) is 0.417. The summed E-state index contributed by atoms with van der Waals surface area (Å²) in [7, 11) is 0. The first-order valence-corrected chi connectivity index (χ1v) is 5.43. The summed E-state index contributed by atoms with van der Waals surface area (Å²) in [5, 5.41) is 11.7. The summed E-state index contributed by atoms with van der Waals surface area (Å²) in [6, 6.07) is 3.95. The summed E-state index contributed by atoms with van der Waals surface area (Å²) in [5.74, 6) is -1.73. The van der Waals surface area contributed by atoms with E-state index in [1.165, 1.54) is 18.2 Å². The van der Waals surface area contributed by atoms with E-state index < -0.39 is 11.8 Å². The minimum atomic E-state index is -1.16. The predicted molar refractivity (Wildman–Crippen MR) is 62.9 cm³/mol. The first-order valence-electron chi connectivity index (χ1n) is 5.43. The second kappa shape index (κ2) is 6.20. The molecule has 0 saturated heterocycles. The first kappa shape index (κ1) is 13.4. The van der Waals surface area contributed by atoms with Gasteiger partial charge in [-0.15, -0.1) is 0 Å². The van der Waals surface area contributed by atoms with Gasteiger partial charge in [-0.05, 0) is 26.0 Å². The summed E-state index contributed by atoms with van der Waals surface area (Å²) in [4.78, 5) is 10.9. The number of carboxylic acids is 1. The molecule has 0 aliphatic carbocycles. The van der Waals surface area contributed by atoms with E-state index in [-0.39, 0.29) is 17.4 Å². The number of rotatable bonds is 6. The minimum Gasteiger partial charge on any atom is -0.478 e. The summed E-state index contributed by atoms with van der Waals surface area (Å²) in [5.41, 5.74) is -0.0692. The van der Waals surface area contributed by atoms with E-state index in [2.05, 4.69) is 5.32 Å². The lowest BCUT2D eigenvalue weighted by Crippen LogP contribution is -2.21. The fourth-order valence-electron chi connectivity index (χ4n) is 1.47. The number of carbonyl (C=O) groups is 1. The van der Waals surface area contributed by atoms with E-state index in [1.807, 2.05) is 13.8 Å². The standard InChI is InChI=1S/C12H16FNO3/c1-3-17-8(2)7-14-11-9(12(15)16)5-4-6-10(11)13/h4-6,8,14H,3,7H2,1-2H3,(H,15,16). The van der Waals surface area contributed by atoms with E-state index in [9.17, 15) is 9.18 Å². The average Bonchev–Trinajstić information content (AvgIpc) is 2.27. The van der Waals surface area contributed by atoms with E-state index in [1.54, 1.807) is 0 Å². The second-order valence-corrected chi connectivity index (χ2v) is 3.61. The zero-order chi connectivity index (χ0) is 12.8. The molecule has 0 bridgehead atoms. The van der Waals surface area contributed by atoms with Gasteiger partial charge in [0.15, 0.2) is 0 Å². The number of anilines is 1. The van der Waals surface area contributed by atoms with Crippen LogP contribution in [0.25, 0.3) is 0 Å². The molecule has 2 N–H and O–H groups in total. The molecule has 0 aromatic heterocycles.